The van der Waals surface area contributed by atoms with Crippen molar-refractivity contribution < 1.29 is 23.5 Å². The van der Waals surface area contributed by atoms with E-state index in [2.05, 4.69) is 10.3 Å². The maximum absolute atomic E-state index is 12.7. The number of hydrogen-bond acceptors (Lipinski definition) is 6. The summed E-state index contributed by atoms with van der Waals surface area (Å²) >= 11 is 12.0. The Morgan fingerprint density at radius 3 is 2.50 bits per heavy atom. The third-order valence-electron chi connectivity index (χ3n) is 5.34. The second-order valence-electron chi connectivity index (χ2n) is 7.76. The number of halogens is 2. The van der Waals surface area contributed by atoms with Crippen molar-refractivity contribution in [3.05, 3.63) is 99.4 Å². The standard InChI is InChI=1S/C27H22Cl2N2O5/c1-16-23(31-26(36-16)17-6-4-3-5-7-17)12-13-35-19-9-11-24(21(15-19)27(33)34-2)30-25(32)20-10-8-18(28)14-22(20)29/h3-11,14-15H,12-13H2,1-2H3,(H,30,32). The minimum atomic E-state index is -0.627. The Hall–Kier alpha value is -3.81. The molecule has 1 N–H and O–H groups in total. The number of methoxy groups -OCH3 is 1. The number of aromatic nitrogens is 1. The lowest BCUT2D eigenvalue weighted by Crippen LogP contribution is -2.16. The van der Waals surface area contributed by atoms with Gasteiger partial charge < -0.3 is 19.2 Å². The number of carbonyl (C=O) groups is 2. The number of benzene rings is 3. The van der Waals surface area contributed by atoms with Gasteiger partial charge in [0.05, 0.1) is 41.2 Å². The number of nitrogens with one attached hydrogen (secondary N) is 1. The maximum atomic E-state index is 12.7. The lowest BCUT2D eigenvalue weighted by Gasteiger charge is -2.13. The molecule has 0 unspecified atom stereocenters. The molecule has 3 aromatic carbocycles. The molecular formula is C27H22Cl2N2O5. The first-order valence-electron chi connectivity index (χ1n) is 11.0. The minimum absolute atomic E-state index is 0.136. The van der Waals surface area contributed by atoms with Gasteiger partial charge in [-0.1, -0.05) is 41.4 Å². The van der Waals surface area contributed by atoms with Gasteiger partial charge in [-0.3, -0.25) is 4.79 Å². The number of oxazole rings is 1. The second-order valence-corrected chi connectivity index (χ2v) is 8.61. The molecule has 1 heterocycles. The lowest BCUT2D eigenvalue weighted by molar-refractivity contribution is 0.0601. The molecule has 0 saturated heterocycles. The van der Waals surface area contributed by atoms with Crippen LogP contribution in [0.1, 0.15) is 32.2 Å². The van der Waals surface area contributed by atoms with Crippen molar-refractivity contribution in [1.29, 1.82) is 0 Å². The number of rotatable bonds is 8. The highest BCUT2D eigenvalue weighted by Gasteiger charge is 2.18. The Bertz CT molecular complexity index is 1400. The van der Waals surface area contributed by atoms with E-state index in [-0.39, 0.29) is 21.8 Å². The summed E-state index contributed by atoms with van der Waals surface area (Å²) in [5.74, 6) is 0.579. The molecule has 0 aliphatic carbocycles. The first kappa shape index (κ1) is 25.3. The summed E-state index contributed by atoms with van der Waals surface area (Å²) in [7, 11) is 1.26. The number of esters is 1. The molecule has 0 radical (unpaired) electrons. The van der Waals surface area contributed by atoms with Gasteiger partial charge in [0.25, 0.3) is 5.91 Å². The SMILES string of the molecule is COC(=O)c1cc(OCCc2nc(-c3ccccc3)oc2C)ccc1NC(=O)c1ccc(Cl)cc1Cl. The number of aryl methyl sites for hydroxylation is 1. The fraction of sp³-hybridized carbons (Fsp3) is 0.148. The van der Waals surface area contributed by atoms with E-state index in [1.54, 1.807) is 18.2 Å². The molecule has 0 fully saturated rings. The number of anilines is 1. The van der Waals surface area contributed by atoms with Crippen molar-refractivity contribution >= 4 is 40.8 Å². The van der Waals surface area contributed by atoms with Crippen LogP contribution in [0.3, 0.4) is 0 Å². The third kappa shape index (κ3) is 5.87. The summed E-state index contributed by atoms with van der Waals surface area (Å²) in [6.07, 6.45) is 0.503. The molecule has 0 aliphatic rings. The van der Waals surface area contributed by atoms with Crippen LogP contribution in [0.5, 0.6) is 5.75 Å². The summed E-state index contributed by atoms with van der Waals surface area (Å²) in [5.41, 5.74) is 2.29. The molecule has 4 rings (SSSR count). The van der Waals surface area contributed by atoms with Crippen molar-refractivity contribution in [3.8, 4) is 17.2 Å². The maximum Gasteiger partial charge on any atom is 0.340 e. The number of hydrogen-bond donors (Lipinski definition) is 1. The topological polar surface area (TPSA) is 90.7 Å². The fourth-order valence-corrected chi connectivity index (χ4v) is 3.99. The van der Waals surface area contributed by atoms with Crippen LogP contribution in [0.15, 0.2) is 71.1 Å². The van der Waals surface area contributed by atoms with Crippen LogP contribution >= 0.6 is 23.2 Å². The summed E-state index contributed by atoms with van der Waals surface area (Å²) in [6, 6.07) is 18.9. The predicted molar refractivity (Wildman–Crippen MR) is 138 cm³/mol. The van der Waals surface area contributed by atoms with E-state index in [0.29, 0.717) is 35.5 Å². The first-order chi connectivity index (χ1) is 17.4. The lowest BCUT2D eigenvalue weighted by atomic mass is 10.1. The van der Waals surface area contributed by atoms with Gasteiger partial charge in [-0.25, -0.2) is 9.78 Å². The molecule has 0 atom stereocenters. The summed E-state index contributed by atoms with van der Waals surface area (Å²) in [6.45, 7) is 2.16. The molecule has 0 spiro atoms. The van der Waals surface area contributed by atoms with Crippen LogP contribution < -0.4 is 10.1 Å². The molecule has 1 amide bonds. The van der Waals surface area contributed by atoms with E-state index in [1.807, 2.05) is 37.3 Å². The molecule has 4 aromatic rings. The molecule has 0 saturated carbocycles. The molecular weight excluding hydrogens is 503 g/mol. The number of ether oxygens (including phenoxy) is 2. The van der Waals surface area contributed by atoms with E-state index in [0.717, 1.165) is 11.3 Å². The molecule has 0 aliphatic heterocycles. The van der Waals surface area contributed by atoms with Crippen molar-refractivity contribution in [1.82, 2.24) is 4.98 Å². The van der Waals surface area contributed by atoms with Crippen molar-refractivity contribution in [2.45, 2.75) is 13.3 Å². The Kier molecular flexibility index (Phi) is 7.93. The van der Waals surface area contributed by atoms with Crippen molar-refractivity contribution in [2.24, 2.45) is 0 Å². The van der Waals surface area contributed by atoms with Crippen molar-refractivity contribution in [2.75, 3.05) is 19.0 Å². The molecule has 1 aromatic heterocycles. The highest BCUT2D eigenvalue weighted by atomic mass is 35.5. The molecule has 9 heteroatoms. The van der Waals surface area contributed by atoms with Crippen molar-refractivity contribution in [3.63, 3.8) is 0 Å². The largest absolute Gasteiger partial charge is 0.493 e. The minimum Gasteiger partial charge on any atom is -0.493 e. The zero-order valence-electron chi connectivity index (χ0n) is 19.5. The van der Waals surface area contributed by atoms with E-state index < -0.39 is 11.9 Å². The third-order valence-corrected chi connectivity index (χ3v) is 5.89. The average Bonchev–Trinajstić information content (AvgIpc) is 3.25. The predicted octanol–water partition coefficient (Wildman–Crippen LogP) is 6.62. The van der Waals surface area contributed by atoms with Gasteiger partial charge in [0.1, 0.15) is 11.5 Å². The molecule has 36 heavy (non-hydrogen) atoms. The van der Waals surface area contributed by atoms with Crippen LogP contribution in [0, 0.1) is 6.92 Å². The quantitative estimate of drug-likeness (QED) is 0.260. The Labute approximate surface area is 218 Å². The summed E-state index contributed by atoms with van der Waals surface area (Å²) in [5, 5.41) is 3.29. The normalized spacial score (nSPS) is 10.7. The average molecular weight is 525 g/mol. The molecule has 184 valence electrons. The van der Waals surface area contributed by atoms with E-state index in [1.165, 1.54) is 25.3 Å². The van der Waals surface area contributed by atoms with Gasteiger partial charge in [-0.2, -0.15) is 0 Å². The Morgan fingerprint density at radius 1 is 1.00 bits per heavy atom. The van der Waals surface area contributed by atoms with Gasteiger partial charge >= 0.3 is 5.97 Å². The van der Waals surface area contributed by atoms with Gasteiger partial charge in [-0.15, -0.1) is 0 Å². The molecule has 0 bridgehead atoms. The number of amides is 1. The fourth-order valence-electron chi connectivity index (χ4n) is 3.49. The summed E-state index contributed by atoms with van der Waals surface area (Å²) < 4.78 is 16.5. The second kappa shape index (κ2) is 11.3. The smallest absolute Gasteiger partial charge is 0.340 e. The number of carbonyl (C=O) groups excluding carboxylic acids is 2. The van der Waals surface area contributed by atoms with Gasteiger partial charge in [-0.05, 0) is 55.5 Å². The van der Waals surface area contributed by atoms with Gasteiger partial charge in [0, 0.05) is 17.0 Å². The van der Waals surface area contributed by atoms with Crippen LogP contribution in [-0.4, -0.2) is 30.6 Å². The first-order valence-corrected chi connectivity index (χ1v) is 11.7. The summed E-state index contributed by atoms with van der Waals surface area (Å²) in [4.78, 5) is 29.7. The zero-order valence-corrected chi connectivity index (χ0v) is 21.0. The van der Waals surface area contributed by atoms with Crippen LogP contribution in [0.25, 0.3) is 11.5 Å². The van der Waals surface area contributed by atoms with Crippen LogP contribution in [0.4, 0.5) is 5.69 Å². The van der Waals surface area contributed by atoms with E-state index in [9.17, 15) is 9.59 Å². The van der Waals surface area contributed by atoms with Gasteiger partial charge in [0.15, 0.2) is 0 Å². The Balaban J connectivity index is 1.46. The van der Waals surface area contributed by atoms with Gasteiger partial charge in [0.2, 0.25) is 5.89 Å². The zero-order chi connectivity index (χ0) is 25.7. The highest BCUT2D eigenvalue weighted by Crippen LogP contribution is 2.27. The molecule has 7 nitrogen and oxygen atoms in total. The van der Waals surface area contributed by atoms with E-state index >= 15 is 0 Å². The Morgan fingerprint density at radius 2 is 1.78 bits per heavy atom. The highest BCUT2D eigenvalue weighted by molar-refractivity contribution is 6.37. The van der Waals surface area contributed by atoms with E-state index in [4.69, 9.17) is 37.1 Å². The number of nitrogens with zero attached hydrogens (tertiary/aromatic N) is 1. The van der Waals surface area contributed by atoms with Crippen LogP contribution in [0.2, 0.25) is 10.0 Å². The van der Waals surface area contributed by atoms with Crippen LogP contribution in [-0.2, 0) is 11.2 Å². The monoisotopic (exact) mass is 524 g/mol.